The highest BCUT2D eigenvalue weighted by Gasteiger charge is 2.30. The van der Waals surface area contributed by atoms with Crippen molar-refractivity contribution in [1.82, 2.24) is 4.98 Å². The Balaban J connectivity index is 2.40. The molecule has 0 aliphatic heterocycles. The van der Waals surface area contributed by atoms with Crippen molar-refractivity contribution in [2.45, 2.75) is 38.8 Å². The third kappa shape index (κ3) is 2.83. The summed E-state index contributed by atoms with van der Waals surface area (Å²) in [7, 11) is 0. The summed E-state index contributed by atoms with van der Waals surface area (Å²) >= 11 is 0. The third-order valence-electron chi connectivity index (χ3n) is 2.65. The molecule has 0 aliphatic rings. The van der Waals surface area contributed by atoms with Crippen LogP contribution in [0.1, 0.15) is 32.2 Å². The summed E-state index contributed by atoms with van der Waals surface area (Å²) in [4.78, 5) is 3.89. The number of oxazole rings is 1. The van der Waals surface area contributed by atoms with E-state index >= 15 is 0 Å². The Hall–Kier alpha value is -1.52. The molecule has 0 saturated carbocycles. The van der Waals surface area contributed by atoms with Crippen LogP contribution in [-0.2, 0) is 11.8 Å². The van der Waals surface area contributed by atoms with Crippen molar-refractivity contribution < 1.29 is 17.6 Å². The summed E-state index contributed by atoms with van der Waals surface area (Å²) < 4.78 is 41.8. The minimum atomic E-state index is -4.30. The number of rotatable bonds is 1. The standard InChI is InChI=1S/C13H14F3NO/c1-12(2,3)8-4-5-10-9(6-8)17-11(18-10)7-13(14,15)16/h4-6H,7H2,1-3H3. The molecule has 2 nitrogen and oxygen atoms in total. The van der Waals surface area contributed by atoms with Gasteiger partial charge in [-0.25, -0.2) is 4.98 Å². The summed E-state index contributed by atoms with van der Waals surface area (Å²) in [6.07, 6.45) is -5.43. The van der Waals surface area contributed by atoms with Gasteiger partial charge in [0.05, 0.1) is 0 Å². The smallest absolute Gasteiger partial charge is 0.397 e. The Morgan fingerprint density at radius 1 is 1.17 bits per heavy atom. The first-order chi connectivity index (χ1) is 8.15. The molecule has 98 valence electrons. The van der Waals surface area contributed by atoms with Gasteiger partial charge in [0.15, 0.2) is 5.58 Å². The minimum absolute atomic E-state index is 0.0721. The molecule has 0 saturated heterocycles. The molecule has 1 heterocycles. The number of fused-ring (bicyclic) bond motifs is 1. The first-order valence-corrected chi connectivity index (χ1v) is 5.62. The van der Waals surface area contributed by atoms with Gasteiger partial charge in [-0.15, -0.1) is 0 Å². The molecule has 5 heteroatoms. The van der Waals surface area contributed by atoms with Crippen molar-refractivity contribution in [3.05, 3.63) is 29.7 Å². The molecule has 0 bridgehead atoms. The van der Waals surface area contributed by atoms with Crippen LogP contribution in [0.15, 0.2) is 22.6 Å². The van der Waals surface area contributed by atoms with Crippen molar-refractivity contribution in [3.63, 3.8) is 0 Å². The van der Waals surface area contributed by atoms with Crippen LogP contribution in [0.5, 0.6) is 0 Å². The quantitative estimate of drug-likeness (QED) is 0.764. The molecule has 0 radical (unpaired) electrons. The van der Waals surface area contributed by atoms with Crippen molar-refractivity contribution >= 4 is 11.1 Å². The van der Waals surface area contributed by atoms with Crippen molar-refractivity contribution in [3.8, 4) is 0 Å². The Bertz CT molecular complexity index is 564. The maximum absolute atomic E-state index is 12.2. The van der Waals surface area contributed by atoms with Gasteiger partial charge in [0, 0.05) is 0 Å². The molecule has 0 amide bonds. The number of alkyl halides is 3. The molecule has 0 N–H and O–H groups in total. The second kappa shape index (κ2) is 4.00. The Labute approximate surface area is 103 Å². The second-order valence-corrected chi connectivity index (χ2v) is 5.33. The average molecular weight is 257 g/mol. The largest absolute Gasteiger partial charge is 0.440 e. The van der Waals surface area contributed by atoms with Crippen molar-refractivity contribution in [2.75, 3.05) is 0 Å². The van der Waals surface area contributed by atoms with E-state index in [-0.39, 0.29) is 11.3 Å². The van der Waals surface area contributed by atoms with Crippen LogP contribution in [-0.4, -0.2) is 11.2 Å². The zero-order valence-corrected chi connectivity index (χ0v) is 10.4. The lowest BCUT2D eigenvalue weighted by atomic mass is 9.87. The predicted octanol–water partition coefficient (Wildman–Crippen LogP) is 4.23. The van der Waals surface area contributed by atoms with E-state index in [0.717, 1.165) is 5.56 Å². The number of benzene rings is 1. The molecule has 0 atom stereocenters. The predicted molar refractivity (Wildman–Crippen MR) is 62.5 cm³/mol. The highest BCUT2D eigenvalue weighted by molar-refractivity contribution is 5.73. The molecule has 2 rings (SSSR count). The minimum Gasteiger partial charge on any atom is -0.440 e. The van der Waals surface area contributed by atoms with Crippen LogP contribution < -0.4 is 0 Å². The van der Waals surface area contributed by atoms with E-state index in [1.165, 1.54) is 0 Å². The molecule has 0 unspecified atom stereocenters. The fraction of sp³-hybridized carbons (Fsp3) is 0.462. The molecule has 0 spiro atoms. The Kier molecular flexibility index (Phi) is 2.87. The van der Waals surface area contributed by atoms with E-state index in [4.69, 9.17) is 4.42 Å². The topological polar surface area (TPSA) is 26.0 Å². The van der Waals surface area contributed by atoms with Crippen LogP contribution in [0.3, 0.4) is 0 Å². The van der Waals surface area contributed by atoms with Gasteiger partial charge in [-0.3, -0.25) is 0 Å². The van der Waals surface area contributed by atoms with Gasteiger partial charge in [-0.05, 0) is 23.1 Å². The van der Waals surface area contributed by atoms with E-state index in [1.54, 1.807) is 12.1 Å². The van der Waals surface area contributed by atoms with E-state index in [0.29, 0.717) is 11.1 Å². The molecule has 1 aromatic heterocycles. The van der Waals surface area contributed by atoms with E-state index in [1.807, 2.05) is 26.8 Å². The Morgan fingerprint density at radius 2 is 1.83 bits per heavy atom. The monoisotopic (exact) mass is 257 g/mol. The summed E-state index contributed by atoms with van der Waals surface area (Å²) in [6, 6.07) is 5.30. The lowest BCUT2D eigenvalue weighted by Gasteiger charge is -2.18. The van der Waals surface area contributed by atoms with Crippen LogP contribution in [0.4, 0.5) is 13.2 Å². The van der Waals surface area contributed by atoms with Gasteiger partial charge in [-0.2, -0.15) is 13.2 Å². The summed E-state index contributed by atoms with van der Waals surface area (Å²) in [5, 5.41) is 0. The number of halogens is 3. The van der Waals surface area contributed by atoms with Crippen LogP contribution >= 0.6 is 0 Å². The molecule has 2 aromatic rings. The molecular formula is C13H14F3NO. The number of nitrogens with zero attached hydrogens (tertiary/aromatic N) is 1. The number of hydrogen-bond acceptors (Lipinski definition) is 2. The number of aromatic nitrogens is 1. The second-order valence-electron chi connectivity index (χ2n) is 5.33. The maximum Gasteiger partial charge on any atom is 0.397 e. The zero-order chi connectivity index (χ0) is 13.6. The van der Waals surface area contributed by atoms with Crippen LogP contribution in [0, 0.1) is 0 Å². The van der Waals surface area contributed by atoms with Gasteiger partial charge < -0.3 is 4.42 Å². The van der Waals surface area contributed by atoms with E-state index < -0.39 is 12.6 Å². The van der Waals surface area contributed by atoms with Crippen molar-refractivity contribution in [1.29, 1.82) is 0 Å². The SMILES string of the molecule is CC(C)(C)c1ccc2oc(CC(F)(F)F)nc2c1. The first kappa shape index (κ1) is 12.9. The zero-order valence-electron chi connectivity index (χ0n) is 10.4. The number of hydrogen-bond donors (Lipinski definition) is 0. The first-order valence-electron chi connectivity index (χ1n) is 5.62. The van der Waals surface area contributed by atoms with Crippen LogP contribution in [0.2, 0.25) is 0 Å². The van der Waals surface area contributed by atoms with Gasteiger partial charge in [0.2, 0.25) is 5.89 Å². The summed E-state index contributed by atoms with van der Waals surface area (Å²) in [6.45, 7) is 6.10. The van der Waals surface area contributed by atoms with Gasteiger partial charge >= 0.3 is 6.18 Å². The molecule has 0 fully saturated rings. The van der Waals surface area contributed by atoms with Crippen LogP contribution in [0.25, 0.3) is 11.1 Å². The maximum atomic E-state index is 12.2. The summed E-state index contributed by atoms with van der Waals surface area (Å²) in [5.41, 5.74) is 1.81. The molecule has 18 heavy (non-hydrogen) atoms. The fourth-order valence-corrected chi connectivity index (χ4v) is 1.69. The third-order valence-corrected chi connectivity index (χ3v) is 2.65. The molecule has 1 aromatic carbocycles. The lowest BCUT2D eigenvalue weighted by molar-refractivity contribution is -0.130. The van der Waals surface area contributed by atoms with Gasteiger partial charge in [0.1, 0.15) is 11.9 Å². The molecular weight excluding hydrogens is 243 g/mol. The van der Waals surface area contributed by atoms with Gasteiger partial charge in [-0.1, -0.05) is 26.8 Å². The van der Waals surface area contributed by atoms with Gasteiger partial charge in [0.25, 0.3) is 0 Å². The van der Waals surface area contributed by atoms with Crippen molar-refractivity contribution in [2.24, 2.45) is 0 Å². The normalized spacial score (nSPS) is 13.2. The highest BCUT2D eigenvalue weighted by atomic mass is 19.4. The Morgan fingerprint density at radius 3 is 2.39 bits per heavy atom. The highest BCUT2D eigenvalue weighted by Crippen LogP contribution is 2.28. The summed E-state index contributed by atoms with van der Waals surface area (Å²) in [5.74, 6) is -0.288. The molecule has 0 aliphatic carbocycles. The average Bonchev–Trinajstić information content (AvgIpc) is 2.53. The van der Waals surface area contributed by atoms with E-state index in [9.17, 15) is 13.2 Å². The van der Waals surface area contributed by atoms with E-state index in [2.05, 4.69) is 4.98 Å². The fourth-order valence-electron chi connectivity index (χ4n) is 1.69. The lowest BCUT2D eigenvalue weighted by Crippen LogP contribution is -2.11.